The third kappa shape index (κ3) is 4.58. The standard InChI is InChI=1S/C19H22N4O3/c1-14(24)22-17-6-2-4-15(12-17)19(25)21-13-16-5-3-7-20-18(16)23-8-10-26-11-9-23/h2-7,12H,8-11,13H2,1H3,(H,21,25)(H,22,24). The highest BCUT2D eigenvalue weighted by molar-refractivity contribution is 5.96. The minimum Gasteiger partial charge on any atom is -0.378 e. The largest absolute Gasteiger partial charge is 0.378 e. The number of carbonyl (C=O) groups excluding carboxylic acids is 2. The molecule has 136 valence electrons. The van der Waals surface area contributed by atoms with Gasteiger partial charge >= 0.3 is 0 Å². The van der Waals surface area contributed by atoms with Crippen LogP contribution in [0.2, 0.25) is 0 Å². The topological polar surface area (TPSA) is 83.6 Å². The normalized spacial score (nSPS) is 14.0. The smallest absolute Gasteiger partial charge is 0.251 e. The van der Waals surface area contributed by atoms with Crippen LogP contribution in [0.1, 0.15) is 22.8 Å². The van der Waals surface area contributed by atoms with Gasteiger partial charge in [0.25, 0.3) is 5.91 Å². The Hall–Kier alpha value is -2.93. The summed E-state index contributed by atoms with van der Waals surface area (Å²) >= 11 is 0. The maximum atomic E-state index is 12.5. The fraction of sp³-hybridized carbons (Fsp3) is 0.316. The number of amides is 2. The zero-order valence-corrected chi connectivity index (χ0v) is 14.7. The summed E-state index contributed by atoms with van der Waals surface area (Å²) in [5.41, 5.74) is 2.05. The van der Waals surface area contributed by atoms with Gasteiger partial charge in [-0.2, -0.15) is 0 Å². The lowest BCUT2D eigenvalue weighted by atomic mass is 10.1. The van der Waals surface area contributed by atoms with E-state index in [1.165, 1.54) is 6.92 Å². The van der Waals surface area contributed by atoms with Crippen LogP contribution in [-0.4, -0.2) is 43.1 Å². The minimum absolute atomic E-state index is 0.173. The van der Waals surface area contributed by atoms with E-state index in [-0.39, 0.29) is 11.8 Å². The predicted molar refractivity (Wildman–Crippen MR) is 99.2 cm³/mol. The molecule has 2 N–H and O–H groups in total. The summed E-state index contributed by atoms with van der Waals surface area (Å²) in [4.78, 5) is 30.3. The van der Waals surface area contributed by atoms with Crippen LogP contribution in [0.4, 0.5) is 11.5 Å². The monoisotopic (exact) mass is 354 g/mol. The quantitative estimate of drug-likeness (QED) is 0.856. The lowest BCUT2D eigenvalue weighted by Crippen LogP contribution is -2.37. The number of anilines is 2. The van der Waals surface area contributed by atoms with Crippen molar-refractivity contribution in [1.29, 1.82) is 0 Å². The van der Waals surface area contributed by atoms with Crippen molar-refractivity contribution in [3.05, 3.63) is 53.7 Å². The van der Waals surface area contributed by atoms with Crippen molar-refractivity contribution in [1.82, 2.24) is 10.3 Å². The first-order valence-electron chi connectivity index (χ1n) is 8.56. The summed E-state index contributed by atoms with van der Waals surface area (Å²) in [5.74, 6) is 0.505. The number of morpholine rings is 1. The predicted octanol–water partition coefficient (Wildman–Crippen LogP) is 1.81. The molecule has 1 saturated heterocycles. The van der Waals surface area contributed by atoms with Gasteiger partial charge in [0.1, 0.15) is 5.82 Å². The number of nitrogens with zero attached hydrogens (tertiary/aromatic N) is 2. The number of hydrogen-bond donors (Lipinski definition) is 2. The van der Waals surface area contributed by atoms with Crippen molar-refractivity contribution in [2.45, 2.75) is 13.5 Å². The molecule has 1 aliphatic rings. The third-order valence-electron chi connectivity index (χ3n) is 4.06. The van der Waals surface area contributed by atoms with Crippen LogP contribution in [-0.2, 0) is 16.1 Å². The second-order valence-electron chi connectivity index (χ2n) is 6.03. The molecule has 0 unspecified atom stereocenters. The maximum Gasteiger partial charge on any atom is 0.251 e. The number of ether oxygens (including phenoxy) is 1. The van der Waals surface area contributed by atoms with Gasteiger partial charge in [-0.3, -0.25) is 9.59 Å². The summed E-state index contributed by atoms with van der Waals surface area (Å²) < 4.78 is 5.39. The van der Waals surface area contributed by atoms with Crippen LogP contribution in [0, 0.1) is 0 Å². The van der Waals surface area contributed by atoms with Crippen molar-refractivity contribution in [3.8, 4) is 0 Å². The number of pyridine rings is 1. The molecule has 3 rings (SSSR count). The Morgan fingerprint density at radius 2 is 2.00 bits per heavy atom. The van der Waals surface area contributed by atoms with Crippen molar-refractivity contribution in [2.75, 3.05) is 36.5 Å². The molecule has 0 saturated carbocycles. The zero-order valence-electron chi connectivity index (χ0n) is 14.7. The van der Waals surface area contributed by atoms with Gasteiger partial charge in [-0.25, -0.2) is 4.98 Å². The van der Waals surface area contributed by atoms with Crippen molar-refractivity contribution < 1.29 is 14.3 Å². The Labute approximate surface area is 152 Å². The van der Waals surface area contributed by atoms with E-state index in [2.05, 4.69) is 20.5 Å². The van der Waals surface area contributed by atoms with Gasteiger partial charge in [0.15, 0.2) is 0 Å². The van der Waals surface area contributed by atoms with Gasteiger partial charge in [0.2, 0.25) is 5.91 Å². The van der Waals surface area contributed by atoms with Gasteiger partial charge in [-0.1, -0.05) is 12.1 Å². The van der Waals surface area contributed by atoms with E-state index in [0.29, 0.717) is 31.0 Å². The zero-order chi connectivity index (χ0) is 18.4. The second-order valence-corrected chi connectivity index (χ2v) is 6.03. The number of nitrogens with one attached hydrogen (secondary N) is 2. The summed E-state index contributed by atoms with van der Waals surface area (Å²) in [6.07, 6.45) is 1.76. The van der Waals surface area contributed by atoms with Crippen molar-refractivity contribution in [3.63, 3.8) is 0 Å². The van der Waals surface area contributed by atoms with E-state index in [0.717, 1.165) is 24.5 Å². The average Bonchev–Trinajstić information content (AvgIpc) is 2.67. The summed E-state index contributed by atoms with van der Waals surface area (Å²) in [5, 5.41) is 5.60. The van der Waals surface area contributed by atoms with E-state index in [1.54, 1.807) is 30.5 Å². The molecule has 2 amide bonds. The summed E-state index contributed by atoms with van der Waals surface area (Å²) in [7, 11) is 0. The molecular weight excluding hydrogens is 332 g/mol. The Kier molecular flexibility index (Phi) is 5.80. The van der Waals surface area contributed by atoms with E-state index in [1.807, 2.05) is 12.1 Å². The number of benzene rings is 1. The molecule has 2 aromatic rings. The highest BCUT2D eigenvalue weighted by atomic mass is 16.5. The molecule has 0 radical (unpaired) electrons. The number of aromatic nitrogens is 1. The van der Waals surface area contributed by atoms with Crippen LogP contribution in [0.5, 0.6) is 0 Å². The fourth-order valence-electron chi connectivity index (χ4n) is 2.85. The first-order chi connectivity index (χ1) is 12.6. The molecule has 1 aliphatic heterocycles. The minimum atomic E-state index is -0.200. The number of carbonyl (C=O) groups is 2. The second kappa shape index (κ2) is 8.44. The van der Waals surface area contributed by atoms with Crippen LogP contribution < -0.4 is 15.5 Å². The molecule has 0 bridgehead atoms. The molecule has 2 heterocycles. The lowest BCUT2D eigenvalue weighted by molar-refractivity contribution is -0.114. The van der Waals surface area contributed by atoms with Gasteiger partial charge < -0.3 is 20.3 Å². The SMILES string of the molecule is CC(=O)Nc1cccc(C(=O)NCc2cccnc2N2CCOCC2)c1. The van der Waals surface area contributed by atoms with E-state index < -0.39 is 0 Å². The maximum absolute atomic E-state index is 12.5. The van der Waals surface area contributed by atoms with Gasteiger partial charge in [0.05, 0.1) is 13.2 Å². The average molecular weight is 354 g/mol. The molecule has 1 fully saturated rings. The van der Waals surface area contributed by atoms with Gasteiger partial charge in [-0.05, 0) is 24.3 Å². The Morgan fingerprint density at radius 1 is 1.19 bits per heavy atom. The van der Waals surface area contributed by atoms with Crippen molar-refractivity contribution in [2.24, 2.45) is 0 Å². The molecule has 0 atom stereocenters. The molecule has 0 spiro atoms. The van der Waals surface area contributed by atoms with Gasteiger partial charge in [-0.15, -0.1) is 0 Å². The Morgan fingerprint density at radius 3 is 2.77 bits per heavy atom. The fourth-order valence-corrected chi connectivity index (χ4v) is 2.85. The third-order valence-corrected chi connectivity index (χ3v) is 4.06. The van der Waals surface area contributed by atoms with Crippen LogP contribution >= 0.6 is 0 Å². The highest BCUT2D eigenvalue weighted by Crippen LogP contribution is 2.18. The van der Waals surface area contributed by atoms with Crippen LogP contribution in [0.25, 0.3) is 0 Å². The van der Waals surface area contributed by atoms with Crippen LogP contribution in [0.15, 0.2) is 42.6 Å². The Bertz CT molecular complexity index is 788. The molecule has 1 aromatic carbocycles. The molecule has 0 aliphatic carbocycles. The van der Waals surface area contributed by atoms with Crippen LogP contribution in [0.3, 0.4) is 0 Å². The number of rotatable bonds is 5. The molecule has 26 heavy (non-hydrogen) atoms. The lowest BCUT2D eigenvalue weighted by Gasteiger charge is -2.29. The summed E-state index contributed by atoms with van der Waals surface area (Å²) in [6, 6.07) is 10.7. The molecule has 7 nitrogen and oxygen atoms in total. The molecular formula is C19H22N4O3. The summed E-state index contributed by atoms with van der Waals surface area (Å²) in [6.45, 7) is 4.75. The first-order valence-corrected chi connectivity index (χ1v) is 8.56. The van der Waals surface area contributed by atoms with Crippen molar-refractivity contribution >= 4 is 23.3 Å². The van der Waals surface area contributed by atoms with E-state index in [4.69, 9.17) is 4.74 Å². The molecule has 1 aromatic heterocycles. The first kappa shape index (κ1) is 17.9. The number of hydrogen-bond acceptors (Lipinski definition) is 5. The van der Waals surface area contributed by atoms with E-state index in [9.17, 15) is 9.59 Å². The van der Waals surface area contributed by atoms with E-state index >= 15 is 0 Å². The highest BCUT2D eigenvalue weighted by Gasteiger charge is 2.16. The Balaban J connectivity index is 1.67. The molecule has 7 heteroatoms. The van der Waals surface area contributed by atoms with Gasteiger partial charge in [0, 0.05) is 49.6 Å².